The maximum Gasteiger partial charge on any atom is 0.0595 e. The van der Waals surface area contributed by atoms with Crippen LogP contribution in [0.15, 0.2) is 18.2 Å². The highest BCUT2D eigenvalue weighted by molar-refractivity contribution is 6.42. The van der Waals surface area contributed by atoms with Gasteiger partial charge >= 0.3 is 0 Å². The van der Waals surface area contributed by atoms with Crippen LogP contribution >= 0.6 is 23.2 Å². The molecule has 2 fully saturated rings. The molecule has 4 atom stereocenters. The molecule has 3 rings (SSSR count). The molecular formula is C17H23Cl2NO. The summed E-state index contributed by atoms with van der Waals surface area (Å²) in [5.41, 5.74) is 1.58. The molecule has 1 heterocycles. The molecule has 0 aromatic heterocycles. The van der Waals surface area contributed by atoms with Crippen molar-refractivity contribution >= 4 is 23.2 Å². The second-order valence-electron chi connectivity index (χ2n) is 6.38. The van der Waals surface area contributed by atoms with Gasteiger partial charge in [-0.25, -0.2) is 0 Å². The topological polar surface area (TPSA) is 21.3 Å². The molecule has 1 aliphatic carbocycles. The third-order valence-corrected chi connectivity index (χ3v) is 6.12. The number of hydrogen-bond donors (Lipinski definition) is 1. The van der Waals surface area contributed by atoms with Crippen LogP contribution < -0.4 is 5.32 Å². The predicted octanol–water partition coefficient (Wildman–Crippen LogP) is 4.29. The Balaban J connectivity index is 1.77. The number of nitrogens with one attached hydrogen (secondary N) is 1. The molecule has 0 spiro atoms. The fourth-order valence-electron chi connectivity index (χ4n) is 3.92. The highest BCUT2D eigenvalue weighted by Gasteiger charge is 2.66. The third-order valence-electron chi connectivity index (χ3n) is 5.38. The smallest absolute Gasteiger partial charge is 0.0595 e. The van der Waals surface area contributed by atoms with Crippen molar-refractivity contribution in [3.8, 4) is 0 Å². The molecule has 2 aliphatic rings. The Bertz CT molecular complexity index is 510. The van der Waals surface area contributed by atoms with Crippen molar-refractivity contribution in [2.45, 2.75) is 38.2 Å². The van der Waals surface area contributed by atoms with Gasteiger partial charge in [-0.3, -0.25) is 0 Å². The lowest BCUT2D eigenvalue weighted by Crippen LogP contribution is -2.27. The van der Waals surface area contributed by atoms with Gasteiger partial charge in [0.05, 0.1) is 16.1 Å². The molecule has 1 aliphatic heterocycles. The Labute approximate surface area is 137 Å². The number of piperidine rings is 1. The van der Waals surface area contributed by atoms with Gasteiger partial charge in [-0.05, 0) is 62.4 Å². The molecule has 1 saturated heterocycles. The van der Waals surface area contributed by atoms with E-state index in [9.17, 15) is 0 Å². The lowest BCUT2D eigenvalue weighted by Gasteiger charge is -2.23. The van der Waals surface area contributed by atoms with E-state index in [1.807, 2.05) is 6.07 Å². The van der Waals surface area contributed by atoms with Crippen molar-refractivity contribution in [2.24, 2.45) is 11.8 Å². The summed E-state index contributed by atoms with van der Waals surface area (Å²) >= 11 is 12.3. The van der Waals surface area contributed by atoms with Crippen LogP contribution in [0.3, 0.4) is 0 Å². The Morgan fingerprint density at radius 3 is 2.62 bits per heavy atom. The van der Waals surface area contributed by atoms with Crippen LogP contribution in [0, 0.1) is 11.8 Å². The first-order valence-corrected chi connectivity index (χ1v) is 8.63. The second kappa shape index (κ2) is 6.08. The average Bonchev–Trinajstić information content (AvgIpc) is 2.85. The number of hydrogen-bond acceptors (Lipinski definition) is 2. The highest BCUT2D eigenvalue weighted by atomic mass is 35.5. The van der Waals surface area contributed by atoms with Gasteiger partial charge in [-0.1, -0.05) is 36.2 Å². The van der Waals surface area contributed by atoms with Crippen molar-refractivity contribution in [1.29, 1.82) is 0 Å². The van der Waals surface area contributed by atoms with Crippen LogP contribution in [-0.4, -0.2) is 25.8 Å². The van der Waals surface area contributed by atoms with Crippen molar-refractivity contribution < 1.29 is 4.74 Å². The van der Waals surface area contributed by atoms with Gasteiger partial charge in [0.2, 0.25) is 0 Å². The molecule has 1 aromatic rings. The number of benzene rings is 1. The molecule has 0 bridgehead atoms. The van der Waals surface area contributed by atoms with Gasteiger partial charge in [0.1, 0.15) is 0 Å². The van der Waals surface area contributed by atoms with Crippen LogP contribution in [-0.2, 0) is 10.2 Å². The molecule has 4 heteroatoms. The van der Waals surface area contributed by atoms with E-state index >= 15 is 0 Å². The molecule has 1 aromatic carbocycles. The van der Waals surface area contributed by atoms with E-state index in [-0.39, 0.29) is 5.41 Å². The Kier molecular flexibility index (Phi) is 4.52. The summed E-state index contributed by atoms with van der Waals surface area (Å²) < 4.78 is 5.93. The minimum Gasteiger partial charge on any atom is -0.378 e. The van der Waals surface area contributed by atoms with Gasteiger partial charge in [0.15, 0.2) is 0 Å². The molecule has 21 heavy (non-hydrogen) atoms. The minimum atomic E-state index is 0.243. The zero-order valence-corrected chi connectivity index (χ0v) is 14.2. The Hall–Kier alpha value is -0.280. The van der Waals surface area contributed by atoms with Crippen molar-refractivity contribution in [3.05, 3.63) is 33.8 Å². The van der Waals surface area contributed by atoms with Gasteiger partial charge < -0.3 is 10.1 Å². The first kappa shape index (κ1) is 15.6. The summed E-state index contributed by atoms with van der Waals surface area (Å²) in [6, 6.07) is 6.14. The largest absolute Gasteiger partial charge is 0.378 e. The second-order valence-corrected chi connectivity index (χ2v) is 7.19. The van der Waals surface area contributed by atoms with Crippen LogP contribution in [0.25, 0.3) is 0 Å². The number of ether oxygens (including phenoxy) is 1. The molecule has 1 saturated carbocycles. The summed E-state index contributed by atoms with van der Waals surface area (Å²) in [5, 5.41) is 4.78. The quantitative estimate of drug-likeness (QED) is 0.841. The molecule has 2 nitrogen and oxygen atoms in total. The third kappa shape index (κ3) is 2.72. The van der Waals surface area contributed by atoms with E-state index in [1.165, 1.54) is 5.56 Å². The average molecular weight is 328 g/mol. The predicted molar refractivity (Wildman–Crippen MR) is 88.3 cm³/mol. The number of rotatable bonds is 6. The van der Waals surface area contributed by atoms with Crippen LogP contribution in [0.1, 0.15) is 32.3 Å². The maximum atomic E-state index is 6.23. The summed E-state index contributed by atoms with van der Waals surface area (Å²) in [6.45, 7) is 7.33. The minimum absolute atomic E-state index is 0.243. The summed E-state index contributed by atoms with van der Waals surface area (Å²) in [7, 11) is 0. The first-order valence-electron chi connectivity index (χ1n) is 7.87. The first-order chi connectivity index (χ1) is 10.1. The van der Waals surface area contributed by atoms with Crippen molar-refractivity contribution in [3.63, 3.8) is 0 Å². The highest BCUT2D eigenvalue weighted by Crippen LogP contribution is 2.64. The zero-order chi connectivity index (χ0) is 15.0. The van der Waals surface area contributed by atoms with E-state index in [2.05, 4.69) is 31.3 Å². The Morgan fingerprint density at radius 1 is 1.29 bits per heavy atom. The van der Waals surface area contributed by atoms with E-state index in [0.717, 1.165) is 44.4 Å². The standard InChI is InChI=1S/C17H23Cl2NO/c1-3-11(2)21-7-6-17(13-9-20-10-14(13)17)12-4-5-15(18)16(19)8-12/h4-5,8,11,13-14,20H,3,6-7,9-10H2,1-2H3/t11?,13-,14+,17?. The van der Waals surface area contributed by atoms with Crippen LogP contribution in [0.4, 0.5) is 0 Å². The molecule has 0 amide bonds. The summed E-state index contributed by atoms with van der Waals surface area (Å²) in [5.74, 6) is 1.44. The van der Waals surface area contributed by atoms with E-state index in [1.54, 1.807) is 0 Å². The fourth-order valence-corrected chi connectivity index (χ4v) is 4.22. The van der Waals surface area contributed by atoms with E-state index < -0.39 is 0 Å². The SMILES string of the molecule is CCC(C)OCCC1(c2ccc(Cl)c(Cl)c2)[C@@H]2CNC[C@@H]21. The lowest BCUT2D eigenvalue weighted by atomic mass is 9.87. The maximum absolute atomic E-state index is 6.23. The number of fused-ring (bicyclic) bond motifs is 1. The van der Waals surface area contributed by atoms with E-state index in [0.29, 0.717) is 16.1 Å². The molecule has 2 unspecified atom stereocenters. The van der Waals surface area contributed by atoms with Crippen molar-refractivity contribution in [2.75, 3.05) is 19.7 Å². The summed E-state index contributed by atoms with van der Waals surface area (Å²) in [6.07, 6.45) is 2.48. The van der Waals surface area contributed by atoms with E-state index in [4.69, 9.17) is 27.9 Å². The number of halogens is 2. The molecule has 0 radical (unpaired) electrons. The summed E-state index contributed by atoms with van der Waals surface area (Å²) in [4.78, 5) is 0. The van der Waals surface area contributed by atoms with Crippen LogP contribution in [0.2, 0.25) is 10.0 Å². The van der Waals surface area contributed by atoms with Gasteiger partial charge in [-0.2, -0.15) is 0 Å². The van der Waals surface area contributed by atoms with Gasteiger partial charge in [0.25, 0.3) is 0 Å². The van der Waals surface area contributed by atoms with Crippen molar-refractivity contribution in [1.82, 2.24) is 5.32 Å². The molecule has 1 N–H and O–H groups in total. The molecule has 116 valence electrons. The Morgan fingerprint density at radius 2 is 2.00 bits per heavy atom. The van der Waals surface area contributed by atoms with Gasteiger partial charge in [-0.15, -0.1) is 0 Å². The van der Waals surface area contributed by atoms with Crippen LogP contribution in [0.5, 0.6) is 0 Å². The fraction of sp³-hybridized carbons (Fsp3) is 0.647. The molecular weight excluding hydrogens is 305 g/mol. The van der Waals surface area contributed by atoms with Gasteiger partial charge in [0, 0.05) is 12.0 Å². The lowest BCUT2D eigenvalue weighted by molar-refractivity contribution is 0.0551. The monoisotopic (exact) mass is 327 g/mol. The zero-order valence-electron chi connectivity index (χ0n) is 12.7. The normalized spacial score (nSPS) is 32.0.